The monoisotopic (exact) mass is 336 g/mol. The van der Waals surface area contributed by atoms with Crippen molar-refractivity contribution in [3.63, 3.8) is 0 Å². The molecule has 2 aromatic rings. The molecule has 0 aliphatic carbocycles. The van der Waals surface area contributed by atoms with Crippen molar-refractivity contribution in [3.8, 4) is 0 Å². The lowest BCUT2D eigenvalue weighted by molar-refractivity contribution is -0.138. The standard InChI is InChI=1S/C22H28N2O/c1-17(21(23)19-13-7-3-8-14-19)22(25)24-16-10-4-9-15-20(24)18-11-5-2-6-12-18/h2-3,5-8,11-14,17,20-21H,4,9-10,15-16,23H2,1H3. The molecule has 1 fully saturated rings. The molecule has 0 radical (unpaired) electrons. The van der Waals surface area contributed by atoms with Crippen LogP contribution in [0.5, 0.6) is 0 Å². The summed E-state index contributed by atoms with van der Waals surface area (Å²) in [5.74, 6) is -0.0566. The lowest BCUT2D eigenvalue weighted by Gasteiger charge is -2.34. The van der Waals surface area contributed by atoms with Crippen LogP contribution >= 0.6 is 0 Å². The Morgan fingerprint density at radius 1 is 1.00 bits per heavy atom. The molecule has 0 bridgehead atoms. The molecule has 0 spiro atoms. The first-order chi connectivity index (χ1) is 12.2. The Morgan fingerprint density at radius 3 is 2.32 bits per heavy atom. The van der Waals surface area contributed by atoms with E-state index in [-0.39, 0.29) is 23.9 Å². The summed E-state index contributed by atoms with van der Waals surface area (Å²) < 4.78 is 0. The molecule has 3 nitrogen and oxygen atoms in total. The minimum atomic E-state index is -0.270. The van der Waals surface area contributed by atoms with Crippen LogP contribution in [0, 0.1) is 5.92 Å². The van der Waals surface area contributed by atoms with Crippen LogP contribution in [0.4, 0.5) is 0 Å². The quantitative estimate of drug-likeness (QED) is 0.895. The van der Waals surface area contributed by atoms with Crippen LogP contribution in [0.2, 0.25) is 0 Å². The second-order valence-electron chi connectivity index (χ2n) is 7.03. The highest BCUT2D eigenvalue weighted by Gasteiger charge is 2.32. The maximum atomic E-state index is 13.3. The first-order valence-electron chi connectivity index (χ1n) is 9.34. The highest BCUT2D eigenvalue weighted by molar-refractivity contribution is 5.80. The van der Waals surface area contributed by atoms with E-state index in [9.17, 15) is 4.79 Å². The highest BCUT2D eigenvalue weighted by Crippen LogP contribution is 2.33. The molecule has 132 valence electrons. The lowest BCUT2D eigenvalue weighted by atomic mass is 9.92. The van der Waals surface area contributed by atoms with Gasteiger partial charge >= 0.3 is 0 Å². The third-order valence-corrected chi connectivity index (χ3v) is 5.33. The van der Waals surface area contributed by atoms with Crippen LogP contribution in [0.25, 0.3) is 0 Å². The topological polar surface area (TPSA) is 46.3 Å². The SMILES string of the molecule is CC(C(=O)N1CCCCCC1c1ccccc1)C(N)c1ccccc1. The van der Waals surface area contributed by atoms with Gasteiger partial charge < -0.3 is 10.6 Å². The molecule has 1 aliphatic rings. The van der Waals surface area contributed by atoms with E-state index >= 15 is 0 Å². The number of likely N-dealkylation sites (tertiary alicyclic amines) is 1. The third kappa shape index (κ3) is 4.10. The number of nitrogens with two attached hydrogens (primary N) is 1. The van der Waals surface area contributed by atoms with Crippen molar-refractivity contribution in [2.24, 2.45) is 11.7 Å². The van der Waals surface area contributed by atoms with Gasteiger partial charge in [-0.1, -0.05) is 80.4 Å². The lowest BCUT2D eigenvalue weighted by Crippen LogP contribution is -2.41. The molecule has 1 aliphatic heterocycles. The van der Waals surface area contributed by atoms with E-state index in [4.69, 9.17) is 5.73 Å². The molecule has 1 heterocycles. The van der Waals surface area contributed by atoms with E-state index in [1.807, 2.05) is 43.3 Å². The molecule has 25 heavy (non-hydrogen) atoms. The zero-order valence-electron chi connectivity index (χ0n) is 15.0. The second-order valence-corrected chi connectivity index (χ2v) is 7.03. The van der Waals surface area contributed by atoms with E-state index in [2.05, 4.69) is 29.2 Å². The maximum absolute atomic E-state index is 13.3. The minimum absolute atomic E-state index is 0.168. The van der Waals surface area contributed by atoms with Gasteiger partial charge in [-0.15, -0.1) is 0 Å². The predicted octanol–water partition coefficient (Wildman–Crippen LogP) is 4.47. The van der Waals surface area contributed by atoms with Crippen LogP contribution in [0.15, 0.2) is 60.7 Å². The summed E-state index contributed by atoms with van der Waals surface area (Å²) in [6.45, 7) is 2.79. The van der Waals surface area contributed by atoms with Gasteiger partial charge in [-0.2, -0.15) is 0 Å². The van der Waals surface area contributed by atoms with Crippen molar-refractivity contribution < 1.29 is 4.79 Å². The number of carbonyl (C=O) groups is 1. The van der Waals surface area contributed by atoms with E-state index in [1.54, 1.807) is 0 Å². The molecule has 0 aromatic heterocycles. The van der Waals surface area contributed by atoms with Gasteiger partial charge in [-0.25, -0.2) is 0 Å². The number of carbonyl (C=O) groups excluding carboxylic acids is 1. The van der Waals surface area contributed by atoms with Crippen molar-refractivity contribution in [3.05, 3.63) is 71.8 Å². The summed E-state index contributed by atoms with van der Waals surface area (Å²) in [7, 11) is 0. The molecule has 3 atom stereocenters. The zero-order chi connectivity index (χ0) is 17.6. The Labute approximate surface area is 150 Å². The summed E-state index contributed by atoms with van der Waals surface area (Å²) in [6.07, 6.45) is 4.46. The molecule has 3 unspecified atom stereocenters. The molecular weight excluding hydrogens is 308 g/mol. The first-order valence-corrected chi connectivity index (χ1v) is 9.34. The van der Waals surface area contributed by atoms with Crippen LogP contribution in [0.3, 0.4) is 0 Å². The Hall–Kier alpha value is -2.13. The molecule has 2 aromatic carbocycles. The van der Waals surface area contributed by atoms with Crippen molar-refractivity contribution in [1.29, 1.82) is 0 Å². The predicted molar refractivity (Wildman–Crippen MR) is 102 cm³/mol. The van der Waals surface area contributed by atoms with Crippen molar-refractivity contribution in [2.45, 2.75) is 44.7 Å². The Morgan fingerprint density at radius 2 is 1.64 bits per heavy atom. The van der Waals surface area contributed by atoms with Gasteiger partial charge in [0.25, 0.3) is 0 Å². The number of hydrogen-bond donors (Lipinski definition) is 1. The fraction of sp³-hybridized carbons (Fsp3) is 0.409. The maximum Gasteiger partial charge on any atom is 0.227 e. The van der Waals surface area contributed by atoms with Crippen LogP contribution in [-0.4, -0.2) is 17.4 Å². The summed E-state index contributed by atoms with van der Waals surface area (Å²) in [5, 5.41) is 0. The molecular formula is C22H28N2O. The number of nitrogens with zero attached hydrogens (tertiary/aromatic N) is 1. The summed E-state index contributed by atoms with van der Waals surface area (Å²) >= 11 is 0. The van der Waals surface area contributed by atoms with Crippen molar-refractivity contribution in [2.75, 3.05) is 6.54 Å². The molecule has 3 heteroatoms. The summed E-state index contributed by atoms with van der Waals surface area (Å²) in [5.41, 5.74) is 8.68. The van der Waals surface area contributed by atoms with Crippen molar-refractivity contribution in [1.82, 2.24) is 4.90 Å². The smallest absolute Gasteiger partial charge is 0.227 e. The second kappa shape index (κ2) is 8.30. The van der Waals surface area contributed by atoms with Crippen LogP contribution in [-0.2, 0) is 4.79 Å². The number of amides is 1. The van der Waals surface area contributed by atoms with Crippen molar-refractivity contribution >= 4 is 5.91 Å². The molecule has 1 saturated heterocycles. The minimum Gasteiger partial charge on any atom is -0.335 e. The Bertz CT molecular complexity index is 671. The summed E-state index contributed by atoms with van der Waals surface area (Å²) in [6, 6.07) is 20.3. The first kappa shape index (κ1) is 17.7. The highest BCUT2D eigenvalue weighted by atomic mass is 16.2. The summed E-state index contributed by atoms with van der Waals surface area (Å²) in [4.78, 5) is 15.4. The third-order valence-electron chi connectivity index (χ3n) is 5.33. The largest absolute Gasteiger partial charge is 0.335 e. The normalized spacial score (nSPS) is 20.6. The van der Waals surface area contributed by atoms with E-state index in [0.29, 0.717) is 0 Å². The number of hydrogen-bond acceptors (Lipinski definition) is 2. The fourth-order valence-electron chi connectivity index (χ4n) is 3.77. The molecule has 3 rings (SSSR count). The number of benzene rings is 2. The van der Waals surface area contributed by atoms with Crippen LogP contribution < -0.4 is 5.73 Å². The number of rotatable bonds is 4. The van der Waals surface area contributed by atoms with Gasteiger partial charge in [0.15, 0.2) is 0 Å². The van der Waals surface area contributed by atoms with Gasteiger partial charge in [0.2, 0.25) is 5.91 Å². The van der Waals surface area contributed by atoms with Gasteiger partial charge in [0, 0.05) is 12.6 Å². The molecule has 1 amide bonds. The molecule has 2 N–H and O–H groups in total. The van der Waals surface area contributed by atoms with Gasteiger partial charge in [-0.05, 0) is 24.0 Å². The zero-order valence-corrected chi connectivity index (χ0v) is 15.0. The average molecular weight is 336 g/mol. The average Bonchev–Trinajstić information content (AvgIpc) is 2.93. The van der Waals surface area contributed by atoms with E-state index in [0.717, 1.165) is 24.9 Å². The molecule has 0 saturated carbocycles. The Kier molecular flexibility index (Phi) is 5.87. The van der Waals surface area contributed by atoms with Crippen LogP contribution in [0.1, 0.15) is 55.8 Å². The van der Waals surface area contributed by atoms with Gasteiger partial charge in [0.05, 0.1) is 12.0 Å². The van der Waals surface area contributed by atoms with E-state index < -0.39 is 0 Å². The fourth-order valence-corrected chi connectivity index (χ4v) is 3.77. The van der Waals surface area contributed by atoms with Gasteiger partial charge in [-0.3, -0.25) is 4.79 Å². The van der Waals surface area contributed by atoms with Gasteiger partial charge in [0.1, 0.15) is 0 Å². The Balaban J connectivity index is 1.82. The van der Waals surface area contributed by atoms with E-state index in [1.165, 1.54) is 18.4 Å².